The van der Waals surface area contributed by atoms with Crippen LogP contribution in [-0.4, -0.2) is 27.2 Å². The predicted octanol–water partition coefficient (Wildman–Crippen LogP) is 1.80. The number of carbonyl (C=O) groups excluding carboxylic acids is 1. The van der Waals surface area contributed by atoms with Gasteiger partial charge in [-0.1, -0.05) is 12.1 Å². The molecule has 0 aliphatic rings. The van der Waals surface area contributed by atoms with E-state index in [1.54, 1.807) is 0 Å². The van der Waals surface area contributed by atoms with E-state index in [0.717, 1.165) is 18.2 Å². The standard InChI is InChI=1S/C17H12F3N5O2/c18-12-3-1-10(2-4-12)8-22-25-17(27)15(23-24-25)16(26)21-9-11-7-13(19)5-6-14(11)20/h1-8,24H,9H2,(H,21,26). The first-order valence-electron chi connectivity index (χ1n) is 7.63. The molecule has 0 saturated heterocycles. The van der Waals surface area contributed by atoms with E-state index in [1.807, 2.05) is 0 Å². The summed E-state index contributed by atoms with van der Waals surface area (Å²) < 4.78 is 39.5. The molecule has 0 atom stereocenters. The number of aromatic nitrogens is 3. The van der Waals surface area contributed by atoms with Crippen molar-refractivity contribution in [3.05, 3.63) is 87.1 Å². The molecule has 2 N–H and O–H groups in total. The van der Waals surface area contributed by atoms with Crippen molar-refractivity contribution >= 4 is 12.1 Å². The lowest BCUT2D eigenvalue weighted by Crippen LogP contribution is -2.29. The Morgan fingerprint density at radius 3 is 2.59 bits per heavy atom. The van der Waals surface area contributed by atoms with Gasteiger partial charge in [0.15, 0.2) is 0 Å². The third-order valence-corrected chi connectivity index (χ3v) is 3.51. The quantitative estimate of drug-likeness (QED) is 0.666. The molecule has 0 spiro atoms. The number of hydrogen-bond donors (Lipinski definition) is 2. The Labute approximate surface area is 150 Å². The van der Waals surface area contributed by atoms with E-state index in [2.05, 4.69) is 20.7 Å². The molecule has 0 unspecified atom stereocenters. The van der Waals surface area contributed by atoms with Gasteiger partial charge in [0.05, 0.1) is 6.21 Å². The normalized spacial score (nSPS) is 11.1. The summed E-state index contributed by atoms with van der Waals surface area (Å²) in [6.45, 7) is -0.326. The Hall–Kier alpha value is -3.69. The van der Waals surface area contributed by atoms with E-state index in [1.165, 1.54) is 30.5 Å². The van der Waals surface area contributed by atoms with Gasteiger partial charge in [-0.3, -0.25) is 9.59 Å². The highest BCUT2D eigenvalue weighted by Gasteiger charge is 2.17. The summed E-state index contributed by atoms with van der Waals surface area (Å²) in [7, 11) is 0. The molecule has 0 aliphatic carbocycles. The fourth-order valence-corrected chi connectivity index (χ4v) is 2.13. The van der Waals surface area contributed by atoms with Crippen LogP contribution in [0.5, 0.6) is 0 Å². The van der Waals surface area contributed by atoms with E-state index in [4.69, 9.17) is 0 Å². The van der Waals surface area contributed by atoms with Gasteiger partial charge in [0.25, 0.3) is 5.91 Å². The Morgan fingerprint density at radius 1 is 1.15 bits per heavy atom. The second-order valence-electron chi connectivity index (χ2n) is 5.39. The number of amides is 1. The minimum Gasteiger partial charge on any atom is -0.346 e. The topological polar surface area (TPSA) is 92.1 Å². The number of halogens is 3. The third kappa shape index (κ3) is 4.29. The van der Waals surface area contributed by atoms with Gasteiger partial charge in [-0.2, -0.15) is 10.3 Å². The molecule has 0 bridgehead atoms. The van der Waals surface area contributed by atoms with Crippen LogP contribution in [0.4, 0.5) is 13.2 Å². The summed E-state index contributed by atoms with van der Waals surface area (Å²) in [5.74, 6) is -2.65. The SMILES string of the molecule is O=C(NCc1cc(F)ccc1F)c1n[nH]n(N=Cc2ccc(F)cc2)c1=O. The average Bonchev–Trinajstić information content (AvgIpc) is 3.02. The number of nitrogens with zero attached hydrogens (tertiary/aromatic N) is 3. The zero-order chi connectivity index (χ0) is 19.4. The number of H-pyrrole nitrogens is 1. The average molecular weight is 375 g/mol. The molecule has 0 radical (unpaired) electrons. The highest BCUT2D eigenvalue weighted by Crippen LogP contribution is 2.09. The van der Waals surface area contributed by atoms with Crippen LogP contribution in [0.25, 0.3) is 0 Å². The largest absolute Gasteiger partial charge is 0.346 e. The van der Waals surface area contributed by atoms with Gasteiger partial charge in [0.1, 0.15) is 17.5 Å². The second-order valence-corrected chi connectivity index (χ2v) is 5.39. The van der Waals surface area contributed by atoms with Crippen LogP contribution >= 0.6 is 0 Å². The van der Waals surface area contributed by atoms with E-state index < -0.39 is 34.6 Å². The highest BCUT2D eigenvalue weighted by molar-refractivity contribution is 5.91. The maximum Gasteiger partial charge on any atom is 0.320 e. The van der Waals surface area contributed by atoms with Gasteiger partial charge in [-0.05, 0) is 35.9 Å². The monoisotopic (exact) mass is 375 g/mol. The van der Waals surface area contributed by atoms with Crippen LogP contribution < -0.4 is 10.9 Å². The summed E-state index contributed by atoms with van der Waals surface area (Å²) in [5, 5.41) is 11.9. The molecule has 3 rings (SSSR count). The number of benzene rings is 2. The Balaban J connectivity index is 1.70. The van der Waals surface area contributed by atoms with Crippen molar-refractivity contribution in [1.82, 2.24) is 20.4 Å². The maximum atomic E-state index is 13.5. The summed E-state index contributed by atoms with van der Waals surface area (Å²) in [6.07, 6.45) is 1.27. The van der Waals surface area contributed by atoms with Crippen LogP contribution in [0.3, 0.4) is 0 Å². The predicted molar refractivity (Wildman–Crippen MR) is 89.8 cm³/mol. The molecule has 1 amide bonds. The molecular formula is C17H12F3N5O2. The van der Waals surface area contributed by atoms with Gasteiger partial charge in [0.2, 0.25) is 5.69 Å². The lowest BCUT2D eigenvalue weighted by Gasteiger charge is -2.04. The van der Waals surface area contributed by atoms with Gasteiger partial charge >= 0.3 is 5.56 Å². The Bertz CT molecular complexity index is 1060. The van der Waals surface area contributed by atoms with Gasteiger partial charge in [-0.15, -0.1) is 9.89 Å². The third-order valence-electron chi connectivity index (χ3n) is 3.51. The molecule has 7 nitrogen and oxygen atoms in total. The van der Waals surface area contributed by atoms with Crippen molar-refractivity contribution in [3.8, 4) is 0 Å². The molecule has 1 aromatic heterocycles. The van der Waals surface area contributed by atoms with Crippen molar-refractivity contribution < 1.29 is 18.0 Å². The van der Waals surface area contributed by atoms with E-state index in [-0.39, 0.29) is 12.1 Å². The summed E-state index contributed by atoms with van der Waals surface area (Å²) in [6, 6.07) is 8.16. The fourth-order valence-electron chi connectivity index (χ4n) is 2.13. The lowest BCUT2D eigenvalue weighted by molar-refractivity contribution is 0.0944. The zero-order valence-electron chi connectivity index (χ0n) is 13.6. The van der Waals surface area contributed by atoms with Crippen LogP contribution in [0.1, 0.15) is 21.6 Å². The summed E-state index contributed by atoms with van der Waals surface area (Å²) >= 11 is 0. The second kappa shape index (κ2) is 7.68. The first kappa shape index (κ1) is 18.1. The number of hydrogen-bond acceptors (Lipinski definition) is 4. The van der Waals surface area contributed by atoms with Gasteiger partial charge in [0, 0.05) is 12.1 Å². The number of aromatic amines is 1. The molecule has 10 heteroatoms. The number of carbonyl (C=O) groups is 1. The first-order chi connectivity index (χ1) is 12.9. The highest BCUT2D eigenvalue weighted by atomic mass is 19.1. The maximum absolute atomic E-state index is 13.5. The number of rotatable bonds is 5. The molecule has 27 heavy (non-hydrogen) atoms. The molecule has 2 aromatic carbocycles. The first-order valence-corrected chi connectivity index (χ1v) is 7.63. The van der Waals surface area contributed by atoms with Crippen molar-refractivity contribution in [2.75, 3.05) is 0 Å². The summed E-state index contributed by atoms with van der Waals surface area (Å²) in [5.41, 5.74) is -0.896. The van der Waals surface area contributed by atoms with E-state index >= 15 is 0 Å². The van der Waals surface area contributed by atoms with Crippen molar-refractivity contribution in [2.24, 2.45) is 5.10 Å². The van der Waals surface area contributed by atoms with E-state index in [0.29, 0.717) is 10.4 Å². The number of nitrogens with one attached hydrogen (secondary N) is 2. The molecule has 0 fully saturated rings. The lowest BCUT2D eigenvalue weighted by atomic mass is 10.2. The summed E-state index contributed by atoms with van der Waals surface area (Å²) in [4.78, 5) is 24.9. The molecular weight excluding hydrogens is 363 g/mol. The van der Waals surface area contributed by atoms with Crippen molar-refractivity contribution in [2.45, 2.75) is 6.54 Å². The van der Waals surface area contributed by atoms with Gasteiger partial charge in [-0.25, -0.2) is 13.2 Å². The van der Waals surface area contributed by atoms with Crippen LogP contribution in [0, 0.1) is 17.5 Å². The molecule has 1 heterocycles. The Morgan fingerprint density at radius 2 is 1.85 bits per heavy atom. The molecule has 138 valence electrons. The molecule has 3 aromatic rings. The molecule has 0 saturated carbocycles. The fraction of sp³-hybridized carbons (Fsp3) is 0.0588. The minimum atomic E-state index is -0.879. The zero-order valence-corrected chi connectivity index (χ0v) is 13.6. The van der Waals surface area contributed by atoms with Gasteiger partial charge < -0.3 is 5.32 Å². The van der Waals surface area contributed by atoms with Crippen LogP contribution in [-0.2, 0) is 6.54 Å². The van der Waals surface area contributed by atoms with Crippen molar-refractivity contribution in [1.29, 1.82) is 0 Å². The Kier molecular flexibility index (Phi) is 5.15. The smallest absolute Gasteiger partial charge is 0.320 e. The van der Waals surface area contributed by atoms with Crippen molar-refractivity contribution in [3.63, 3.8) is 0 Å². The van der Waals surface area contributed by atoms with E-state index in [9.17, 15) is 22.8 Å². The molecule has 0 aliphatic heterocycles. The minimum absolute atomic E-state index is 0.0754. The van der Waals surface area contributed by atoms with Crippen LogP contribution in [0.2, 0.25) is 0 Å². The van der Waals surface area contributed by atoms with Crippen LogP contribution in [0.15, 0.2) is 52.4 Å².